The number of ether oxygens (including phenoxy) is 1. The zero-order chi connectivity index (χ0) is 8.20. The van der Waals surface area contributed by atoms with Crippen LogP contribution in [0, 0.1) is 0 Å². The van der Waals surface area contributed by atoms with E-state index in [1.165, 1.54) is 7.11 Å². The van der Waals surface area contributed by atoms with Crippen LogP contribution in [0.15, 0.2) is 0 Å². The third-order valence-electron chi connectivity index (χ3n) is 0.650. The molecule has 0 aromatic rings. The molecular formula is C4H9O5P. The van der Waals surface area contributed by atoms with Crippen molar-refractivity contribution in [2.75, 3.05) is 20.4 Å². The first-order valence-electron chi connectivity index (χ1n) is 2.47. The first-order valence-corrected chi connectivity index (χ1v) is 4.50. The molecule has 0 saturated heterocycles. The van der Waals surface area contributed by atoms with Crippen LogP contribution >= 0.6 is 7.60 Å². The van der Waals surface area contributed by atoms with Gasteiger partial charge in [-0.2, -0.15) is 0 Å². The molecule has 0 fully saturated rings. The Morgan fingerprint density at radius 2 is 2.20 bits per heavy atom. The zero-order valence-electron chi connectivity index (χ0n) is 5.73. The van der Waals surface area contributed by atoms with E-state index in [2.05, 4.69) is 9.26 Å². The van der Waals surface area contributed by atoms with Crippen molar-refractivity contribution in [2.24, 2.45) is 0 Å². The minimum absolute atomic E-state index is 0.485. The van der Waals surface area contributed by atoms with Crippen LogP contribution in [0.4, 0.5) is 0 Å². The average molecular weight is 168 g/mol. The van der Waals surface area contributed by atoms with Crippen LogP contribution in [-0.4, -0.2) is 31.2 Å². The second-order valence-corrected chi connectivity index (χ2v) is 3.52. The number of hydrogen-bond donors (Lipinski definition) is 1. The zero-order valence-corrected chi connectivity index (χ0v) is 6.63. The number of carbonyl (C=O) groups is 1. The fourth-order valence-electron chi connectivity index (χ4n) is 0.231. The highest BCUT2D eigenvalue weighted by Crippen LogP contribution is 2.35. The Morgan fingerprint density at radius 3 is 2.50 bits per heavy atom. The van der Waals surface area contributed by atoms with E-state index in [1.807, 2.05) is 0 Å². The molecule has 1 N–H and O–H groups in total. The first-order chi connectivity index (χ1) is 4.45. The molecule has 1 unspecified atom stereocenters. The molecule has 0 amide bonds. The lowest BCUT2D eigenvalue weighted by atomic mass is 10.8. The lowest BCUT2D eigenvalue weighted by molar-refractivity contribution is -0.143. The Morgan fingerprint density at radius 1 is 1.70 bits per heavy atom. The third-order valence-corrected chi connectivity index (χ3v) is 1.26. The van der Waals surface area contributed by atoms with E-state index < -0.39 is 20.2 Å². The van der Waals surface area contributed by atoms with Crippen molar-refractivity contribution >= 4 is 13.6 Å². The van der Waals surface area contributed by atoms with Crippen molar-refractivity contribution < 1.29 is 23.5 Å². The number of methoxy groups -OCH3 is 1. The van der Waals surface area contributed by atoms with Crippen LogP contribution < -0.4 is 0 Å². The van der Waals surface area contributed by atoms with Crippen molar-refractivity contribution in [2.45, 2.75) is 0 Å². The summed E-state index contributed by atoms with van der Waals surface area (Å²) in [6.07, 6.45) is 0. The standard InChI is InChI=1S/C4H9O5P/c1-8-4(5)3-9-10(2,6)7/h3H2,1-2H3,(H,6,7). The maximum Gasteiger partial charge on any atom is 0.332 e. The molecule has 0 aromatic heterocycles. The highest BCUT2D eigenvalue weighted by molar-refractivity contribution is 7.51. The molecule has 0 bridgehead atoms. The summed E-state index contributed by atoms with van der Waals surface area (Å²) in [5.74, 6) is -0.670. The van der Waals surface area contributed by atoms with Gasteiger partial charge < -0.3 is 9.63 Å². The molecule has 0 saturated carbocycles. The smallest absolute Gasteiger partial charge is 0.332 e. The van der Waals surface area contributed by atoms with Crippen LogP contribution in [-0.2, 0) is 18.6 Å². The minimum Gasteiger partial charge on any atom is -0.467 e. The van der Waals surface area contributed by atoms with E-state index in [4.69, 9.17) is 4.89 Å². The quantitative estimate of drug-likeness (QED) is 0.474. The first kappa shape index (κ1) is 9.62. The van der Waals surface area contributed by atoms with Gasteiger partial charge in [0, 0.05) is 6.66 Å². The van der Waals surface area contributed by atoms with Crippen LogP contribution in [0.1, 0.15) is 0 Å². The van der Waals surface area contributed by atoms with Crippen molar-refractivity contribution in [3.8, 4) is 0 Å². The molecule has 0 rings (SSSR count). The molecule has 0 aliphatic carbocycles. The van der Waals surface area contributed by atoms with Crippen LogP contribution in [0.5, 0.6) is 0 Å². The third kappa shape index (κ3) is 5.75. The monoisotopic (exact) mass is 168 g/mol. The second kappa shape index (κ2) is 3.71. The molecule has 1 atom stereocenters. The van der Waals surface area contributed by atoms with Gasteiger partial charge in [0.2, 0.25) is 0 Å². The van der Waals surface area contributed by atoms with Crippen molar-refractivity contribution in [1.29, 1.82) is 0 Å². The molecule has 0 aliphatic rings. The highest BCUT2D eigenvalue weighted by Gasteiger charge is 2.12. The topological polar surface area (TPSA) is 72.8 Å². The molecule has 0 heterocycles. The Hall–Kier alpha value is -0.380. The Labute approximate surface area is 58.5 Å². The summed E-state index contributed by atoms with van der Waals surface area (Å²) in [7, 11) is -2.36. The van der Waals surface area contributed by atoms with E-state index in [1.54, 1.807) is 0 Å². The lowest BCUT2D eigenvalue weighted by Crippen LogP contribution is -2.08. The van der Waals surface area contributed by atoms with Gasteiger partial charge in [0.05, 0.1) is 7.11 Å². The van der Waals surface area contributed by atoms with E-state index >= 15 is 0 Å². The van der Waals surface area contributed by atoms with Crippen molar-refractivity contribution in [3.05, 3.63) is 0 Å². The van der Waals surface area contributed by atoms with E-state index in [0.717, 1.165) is 6.66 Å². The molecule has 0 aliphatic heterocycles. The maximum atomic E-state index is 10.4. The van der Waals surface area contributed by atoms with Gasteiger partial charge in [-0.15, -0.1) is 0 Å². The maximum absolute atomic E-state index is 10.4. The van der Waals surface area contributed by atoms with Gasteiger partial charge in [-0.25, -0.2) is 4.79 Å². The highest BCUT2D eigenvalue weighted by atomic mass is 31.2. The second-order valence-electron chi connectivity index (χ2n) is 1.65. The SMILES string of the molecule is COC(=O)COP(C)(=O)O. The Bertz CT molecular complexity index is 159. The molecule has 60 valence electrons. The van der Waals surface area contributed by atoms with Crippen molar-refractivity contribution in [1.82, 2.24) is 0 Å². The average Bonchev–Trinajstić information content (AvgIpc) is 1.81. The fraction of sp³-hybridized carbons (Fsp3) is 0.750. The van der Waals surface area contributed by atoms with Gasteiger partial charge in [0.25, 0.3) is 0 Å². The predicted molar refractivity (Wildman–Crippen MR) is 33.7 cm³/mol. The van der Waals surface area contributed by atoms with Gasteiger partial charge >= 0.3 is 13.6 Å². The largest absolute Gasteiger partial charge is 0.467 e. The summed E-state index contributed by atoms with van der Waals surface area (Å²) in [6.45, 7) is 0.511. The molecule has 0 radical (unpaired) electrons. The van der Waals surface area contributed by atoms with E-state index in [-0.39, 0.29) is 0 Å². The summed E-state index contributed by atoms with van der Waals surface area (Å²) in [5.41, 5.74) is 0. The molecule has 6 heteroatoms. The Balaban J connectivity index is 3.56. The lowest BCUT2D eigenvalue weighted by Gasteiger charge is -2.03. The van der Waals surface area contributed by atoms with E-state index in [9.17, 15) is 9.36 Å². The van der Waals surface area contributed by atoms with Crippen LogP contribution in [0.3, 0.4) is 0 Å². The number of carbonyl (C=O) groups excluding carboxylic acids is 1. The van der Waals surface area contributed by atoms with Gasteiger partial charge in [-0.1, -0.05) is 0 Å². The summed E-state index contributed by atoms with van der Waals surface area (Å²) in [5, 5.41) is 0. The predicted octanol–water partition coefficient (Wildman–Crippen LogP) is -0.00880. The number of rotatable bonds is 3. The summed E-state index contributed by atoms with van der Waals surface area (Å²) in [6, 6.07) is 0. The number of esters is 1. The van der Waals surface area contributed by atoms with Crippen LogP contribution in [0.2, 0.25) is 0 Å². The minimum atomic E-state index is -3.53. The molecule has 0 spiro atoms. The molecule has 0 aromatic carbocycles. The van der Waals surface area contributed by atoms with E-state index in [0.29, 0.717) is 0 Å². The summed E-state index contributed by atoms with van der Waals surface area (Å²) >= 11 is 0. The van der Waals surface area contributed by atoms with Gasteiger partial charge in [-0.3, -0.25) is 9.09 Å². The van der Waals surface area contributed by atoms with Gasteiger partial charge in [-0.05, 0) is 0 Å². The summed E-state index contributed by atoms with van der Waals surface area (Å²) < 4.78 is 18.7. The molecular weight excluding hydrogens is 159 g/mol. The molecule has 5 nitrogen and oxygen atoms in total. The Kier molecular flexibility index (Phi) is 3.57. The van der Waals surface area contributed by atoms with Crippen LogP contribution in [0.25, 0.3) is 0 Å². The van der Waals surface area contributed by atoms with Crippen molar-refractivity contribution in [3.63, 3.8) is 0 Å². The fourth-order valence-corrected chi connectivity index (χ4v) is 0.576. The molecule has 10 heavy (non-hydrogen) atoms. The summed E-state index contributed by atoms with van der Waals surface area (Å²) in [4.78, 5) is 18.8. The normalized spacial score (nSPS) is 15.9. The van der Waals surface area contributed by atoms with Gasteiger partial charge in [0.15, 0.2) is 6.61 Å². The number of hydrogen-bond acceptors (Lipinski definition) is 4. The van der Waals surface area contributed by atoms with Gasteiger partial charge in [0.1, 0.15) is 0 Å².